The third kappa shape index (κ3) is 4.19. The fourth-order valence-electron chi connectivity index (χ4n) is 5.52. The zero-order chi connectivity index (χ0) is 25.3. The Morgan fingerprint density at radius 2 is 1.75 bits per heavy atom. The number of ether oxygens (including phenoxy) is 1. The third-order valence-corrected chi connectivity index (χ3v) is 7.94. The third-order valence-electron chi connectivity index (χ3n) is 7.94. The van der Waals surface area contributed by atoms with Crippen LogP contribution in [0.15, 0.2) is 46.9 Å². The Hall–Kier alpha value is -3.19. The van der Waals surface area contributed by atoms with Crippen molar-refractivity contribution in [3.63, 3.8) is 0 Å². The van der Waals surface area contributed by atoms with Crippen molar-refractivity contribution in [2.24, 2.45) is 5.41 Å². The molecule has 1 atom stereocenters. The lowest BCUT2D eigenvalue weighted by molar-refractivity contribution is -0.144. The molecule has 1 N–H and O–H groups in total. The number of rotatable bonds is 4. The molecular weight excluding hydrogens is 456 g/mol. The minimum Gasteiger partial charge on any atom is -0.456 e. The fraction of sp³-hybridized carbons (Fsp3) is 0.483. The molecule has 1 unspecified atom stereocenters. The standard InChI is InChI=1S/C29H32N2O5/c1-27(2,3)36-25(32)20-8-9-22-23(16-20)35-24(30-22)19-6-4-18(5-7-19)21-17-28(21)12-14-31(15-13-28)26(33)29(34)10-11-29/h4-9,16,21,34H,10-15,17H2,1-3H3. The van der Waals surface area contributed by atoms with Gasteiger partial charge in [0.1, 0.15) is 16.7 Å². The molecule has 3 aromatic rings. The first-order valence-electron chi connectivity index (χ1n) is 12.8. The maximum absolute atomic E-state index is 12.4. The SMILES string of the molecule is CC(C)(C)OC(=O)c1ccc2nc(-c3ccc(C4CC45CCN(C(=O)C4(O)CC4)CC5)cc3)oc2c1. The molecule has 2 heterocycles. The Labute approximate surface area is 210 Å². The molecule has 0 bridgehead atoms. The van der Waals surface area contributed by atoms with Crippen molar-refractivity contribution in [3.8, 4) is 11.5 Å². The minimum absolute atomic E-state index is 0.0737. The van der Waals surface area contributed by atoms with Gasteiger partial charge in [-0.2, -0.15) is 0 Å². The first kappa shape index (κ1) is 23.2. The molecule has 188 valence electrons. The van der Waals surface area contributed by atoms with Crippen LogP contribution in [0.3, 0.4) is 0 Å². The van der Waals surface area contributed by atoms with Gasteiger partial charge < -0.3 is 19.2 Å². The number of piperidine rings is 1. The Morgan fingerprint density at radius 1 is 1.06 bits per heavy atom. The van der Waals surface area contributed by atoms with E-state index in [1.165, 1.54) is 5.56 Å². The van der Waals surface area contributed by atoms with Gasteiger partial charge in [0.25, 0.3) is 5.91 Å². The van der Waals surface area contributed by atoms with Crippen LogP contribution in [0, 0.1) is 5.41 Å². The second-order valence-electron chi connectivity index (χ2n) is 11.8. The van der Waals surface area contributed by atoms with Crippen LogP contribution >= 0.6 is 0 Å². The average molecular weight is 489 g/mol. The van der Waals surface area contributed by atoms with Crippen LogP contribution in [0.4, 0.5) is 0 Å². The van der Waals surface area contributed by atoms with E-state index in [0.717, 1.165) is 37.9 Å². The molecule has 1 spiro atoms. The molecule has 1 amide bonds. The highest BCUT2D eigenvalue weighted by atomic mass is 16.6. The molecule has 36 heavy (non-hydrogen) atoms. The molecule has 6 rings (SSSR count). The van der Waals surface area contributed by atoms with E-state index in [4.69, 9.17) is 9.15 Å². The first-order chi connectivity index (χ1) is 17.1. The van der Waals surface area contributed by atoms with Crippen LogP contribution in [0.2, 0.25) is 0 Å². The number of benzene rings is 2. The van der Waals surface area contributed by atoms with Crippen molar-refractivity contribution in [1.29, 1.82) is 0 Å². The van der Waals surface area contributed by atoms with Gasteiger partial charge in [-0.05, 0) is 100 Å². The van der Waals surface area contributed by atoms with Crippen molar-refractivity contribution in [2.75, 3.05) is 13.1 Å². The Bertz CT molecular complexity index is 1340. The van der Waals surface area contributed by atoms with E-state index in [9.17, 15) is 14.7 Å². The Morgan fingerprint density at radius 3 is 2.39 bits per heavy atom. The highest BCUT2D eigenvalue weighted by Crippen LogP contribution is 2.65. The van der Waals surface area contributed by atoms with E-state index in [2.05, 4.69) is 17.1 Å². The van der Waals surface area contributed by atoms with E-state index in [1.807, 2.05) is 37.8 Å². The lowest BCUT2D eigenvalue weighted by Crippen LogP contribution is -2.45. The zero-order valence-electron chi connectivity index (χ0n) is 21.0. The van der Waals surface area contributed by atoms with Gasteiger partial charge in [-0.1, -0.05) is 12.1 Å². The molecule has 1 aliphatic heterocycles. The number of carbonyl (C=O) groups excluding carboxylic acids is 2. The van der Waals surface area contributed by atoms with Crippen molar-refractivity contribution in [3.05, 3.63) is 53.6 Å². The lowest BCUT2D eigenvalue weighted by Gasteiger charge is -2.34. The van der Waals surface area contributed by atoms with Gasteiger partial charge in [-0.15, -0.1) is 0 Å². The number of hydrogen-bond acceptors (Lipinski definition) is 6. The summed E-state index contributed by atoms with van der Waals surface area (Å²) in [4.78, 5) is 31.3. The van der Waals surface area contributed by atoms with Gasteiger partial charge in [-0.3, -0.25) is 4.79 Å². The van der Waals surface area contributed by atoms with E-state index in [0.29, 0.717) is 41.3 Å². The van der Waals surface area contributed by atoms with Crippen molar-refractivity contribution in [1.82, 2.24) is 9.88 Å². The number of hydrogen-bond donors (Lipinski definition) is 1. The van der Waals surface area contributed by atoms with Gasteiger partial charge in [0.15, 0.2) is 5.58 Å². The number of oxazole rings is 1. The van der Waals surface area contributed by atoms with Gasteiger partial charge in [0.05, 0.1) is 5.56 Å². The monoisotopic (exact) mass is 488 g/mol. The summed E-state index contributed by atoms with van der Waals surface area (Å²) < 4.78 is 11.4. The summed E-state index contributed by atoms with van der Waals surface area (Å²) >= 11 is 0. The number of aliphatic hydroxyl groups is 1. The van der Waals surface area contributed by atoms with Crippen molar-refractivity contribution in [2.45, 2.75) is 70.0 Å². The number of amides is 1. The smallest absolute Gasteiger partial charge is 0.338 e. The zero-order valence-corrected chi connectivity index (χ0v) is 21.0. The van der Waals surface area contributed by atoms with Crippen LogP contribution in [0.5, 0.6) is 0 Å². The van der Waals surface area contributed by atoms with Crippen LogP contribution in [0.1, 0.15) is 74.7 Å². The molecule has 1 aromatic heterocycles. The summed E-state index contributed by atoms with van der Waals surface area (Å²) in [6.07, 6.45) is 4.34. The Kier molecular flexibility index (Phi) is 5.10. The second kappa shape index (κ2) is 7.90. The van der Waals surface area contributed by atoms with Gasteiger partial charge in [-0.25, -0.2) is 9.78 Å². The van der Waals surface area contributed by atoms with E-state index in [-0.39, 0.29) is 17.3 Å². The molecular formula is C29H32N2O5. The summed E-state index contributed by atoms with van der Waals surface area (Å²) in [5, 5.41) is 10.1. The topological polar surface area (TPSA) is 92.9 Å². The van der Waals surface area contributed by atoms with Crippen molar-refractivity contribution >= 4 is 23.0 Å². The Balaban J connectivity index is 1.13. The molecule has 3 fully saturated rings. The van der Waals surface area contributed by atoms with Gasteiger partial charge in [0, 0.05) is 18.7 Å². The summed E-state index contributed by atoms with van der Waals surface area (Å²) in [5.41, 5.74) is 2.53. The first-order valence-corrected chi connectivity index (χ1v) is 12.8. The molecule has 7 nitrogen and oxygen atoms in total. The predicted molar refractivity (Wildman–Crippen MR) is 134 cm³/mol. The van der Waals surface area contributed by atoms with Gasteiger partial charge in [0.2, 0.25) is 5.89 Å². The number of nitrogens with zero attached hydrogens (tertiary/aromatic N) is 2. The number of likely N-dealkylation sites (tertiary alicyclic amines) is 1. The van der Waals surface area contributed by atoms with E-state index in [1.54, 1.807) is 18.2 Å². The molecule has 2 aliphatic carbocycles. The van der Waals surface area contributed by atoms with E-state index < -0.39 is 11.2 Å². The molecule has 3 aliphatic rings. The molecule has 1 saturated heterocycles. The lowest BCUT2D eigenvalue weighted by atomic mass is 9.88. The van der Waals surface area contributed by atoms with Crippen LogP contribution in [0.25, 0.3) is 22.6 Å². The summed E-state index contributed by atoms with van der Waals surface area (Å²) in [5.74, 6) is 0.570. The molecule has 2 saturated carbocycles. The maximum Gasteiger partial charge on any atom is 0.338 e. The maximum atomic E-state index is 12.4. The fourth-order valence-corrected chi connectivity index (χ4v) is 5.52. The number of carbonyl (C=O) groups is 2. The van der Waals surface area contributed by atoms with Crippen molar-refractivity contribution < 1.29 is 23.8 Å². The molecule has 0 radical (unpaired) electrons. The van der Waals surface area contributed by atoms with Crippen LogP contribution < -0.4 is 0 Å². The predicted octanol–water partition coefficient (Wildman–Crippen LogP) is 5.07. The van der Waals surface area contributed by atoms with Crippen LogP contribution in [-0.2, 0) is 9.53 Å². The minimum atomic E-state index is -1.06. The molecule has 7 heteroatoms. The second-order valence-corrected chi connectivity index (χ2v) is 11.8. The largest absolute Gasteiger partial charge is 0.456 e. The number of aromatic nitrogens is 1. The normalized spacial score (nSPS) is 22.0. The summed E-state index contributed by atoms with van der Waals surface area (Å²) in [6, 6.07) is 13.6. The highest BCUT2D eigenvalue weighted by Gasteiger charge is 2.57. The van der Waals surface area contributed by atoms with E-state index >= 15 is 0 Å². The highest BCUT2D eigenvalue weighted by molar-refractivity contribution is 5.93. The van der Waals surface area contributed by atoms with Gasteiger partial charge >= 0.3 is 5.97 Å². The average Bonchev–Trinajstić information content (AvgIpc) is 3.71. The van der Waals surface area contributed by atoms with Crippen LogP contribution in [-0.4, -0.2) is 51.2 Å². The number of fused-ring (bicyclic) bond motifs is 1. The molecule has 2 aromatic carbocycles. The quantitative estimate of drug-likeness (QED) is 0.516. The number of esters is 1. The summed E-state index contributed by atoms with van der Waals surface area (Å²) in [6.45, 7) is 7.00. The summed E-state index contributed by atoms with van der Waals surface area (Å²) in [7, 11) is 0.